The van der Waals surface area contributed by atoms with E-state index in [1.807, 2.05) is 24.4 Å². The average molecular weight is 273 g/mol. The zero-order valence-electron chi connectivity index (χ0n) is 11.9. The third-order valence-electron chi connectivity index (χ3n) is 4.25. The first-order valence-electron chi connectivity index (χ1n) is 7.75. The molecule has 4 heteroatoms. The molecule has 3 rings (SSSR count). The number of pyridine rings is 1. The monoisotopic (exact) mass is 273 g/mol. The van der Waals surface area contributed by atoms with Crippen molar-refractivity contribution in [2.45, 2.75) is 44.7 Å². The minimum absolute atomic E-state index is 0.287. The van der Waals surface area contributed by atoms with E-state index in [2.05, 4.69) is 15.2 Å². The first-order valence-corrected chi connectivity index (χ1v) is 7.75. The predicted molar refractivity (Wildman–Crippen MR) is 78.0 cm³/mol. The van der Waals surface area contributed by atoms with Crippen LogP contribution in [-0.4, -0.2) is 34.9 Å². The fourth-order valence-electron chi connectivity index (χ4n) is 2.93. The van der Waals surface area contributed by atoms with Gasteiger partial charge < -0.3 is 10.2 Å². The molecule has 1 aliphatic heterocycles. The van der Waals surface area contributed by atoms with Gasteiger partial charge in [0.1, 0.15) is 0 Å². The number of carbonyl (C=O) groups is 1. The summed E-state index contributed by atoms with van der Waals surface area (Å²) < 4.78 is 0. The Balaban J connectivity index is 1.73. The lowest BCUT2D eigenvalue weighted by Gasteiger charge is -2.31. The second-order valence-corrected chi connectivity index (χ2v) is 5.90. The lowest BCUT2D eigenvalue weighted by molar-refractivity contribution is -0.136. The van der Waals surface area contributed by atoms with Crippen LogP contribution in [0.2, 0.25) is 0 Å². The highest BCUT2D eigenvalue weighted by Gasteiger charge is 2.36. The number of nitrogens with one attached hydrogen (secondary N) is 1. The maximum absolute atomic E-state index is 12.6. The van der Waals surface area contributed by atoms with Gasteiger partial charge in [-0.2, -0.15) is 0 Å². The highest BCUT2D eigenvalue weighted by Crippen LogP contribution is 2.33. The van der Waals surface area contributed by atoms with Crippen LogP contribution < -0.4 is 5.32 Å². The molecule has 1 aromatic rings. The first kappa shape index (κ1) is 13.6. The molecule has 0 spiro atoms. The molecule has 2 fully saturated rings. The molecule has 2 aliphatic rings. The first-order chi connectivity index (χ1) is 9.84. The molecule has 0 aromatic carbocycles. The van der Waals surface area contributed by atoms with Crippen molar-refractivity contribution >= 4 is 5.91 Å². The summed E-state index contributed by atoms with van der Waals surface area (Å²) in [6, 6.07) is 6.31. The van der Waals surface area contributed by atoms with Crippen molar-refractivity contribution in [3.05, 3.63) is 30.1 Å². The molecule has 1 saturated heterocycles. The molecule has 2 heterocycles. The Bertz CT molecular complexity index is 436. The maximum atomic E-state index is 12.6. The van der Waals surface area contributed by atoms with Crippen molar-refractivity contribution in [1.29, 1.82) is 0 Å². The summed E-state index contributed by atoms with van der Waals surface area (Å²) in [7, 11) is 0. The smallest absolute Gasteiger partial charge is 0.226 e. The second kappa shape index (κ2) is 6.35. The van der Waals surface area contributed by atoms with Crippen LogP contribution in [0.15, 0.2) is 24.4 Å². The van der Waals surface area contributed by atoms with Crippen molar-refractivity contribution in [1.82, 2.24) is 15.2 Å². The molecule has 0 bridgehead atoms. The summed E-state index contributed by atoms with van der Waals surface area (Å²) in [5.41, 5.74) is 0.999. The van der Waals surface area contributed by atoms with E-state index in [4.69, 9.17) is 0 Å². The van der Waals surface area contributed by atoms with Gasteiger partial charge in [0, 0.05) is 18.2 Å². The fourth-order valence-corrected chi connectivity index (χ4v) is 2.93. The van der Waals surface area contributed by atoms with Gasteiger partial charge >= 0.3 is 0 Å². The van der Waals surface area contributed by atoms with E-state index in [9.17, 15) is 4.79 Å². The number of hydrogen-bond donors (Lipinski definition) is 1. The van der Waals surface area contributed by atoms with Gasteiger partial charge in [-0.15, -0.1) is 0 Å². The standard InChI is InChI=1S/C16H23N3O/c20-16(13-6-7-13)19(12-14-4-1-2-10-18-14)15-5-3-9-17-11-8-15/h1-2,4,10,13,15,17H,3,5-9,11-12H2. The van der Waals surface area contributed by atoms with Gasteiger partial charge in [0.05, 0.1) is 12.2 Å². The minimum atomic E-state index is 0.287. The number of hydrogen-bond acceptors (Lipinski definition) is 3. The van der Waals surface area contributed by atoms with E-state index >= 15 is 0 Å². The van der Waals surface area contributed by atoms with Crippen molar-refractivity contribution in [3.63, 3.8) is 0 Å². The SMILES string of the molecule is O=C(C1CC1)N(Cc1ccccn1)C1CCCNCC1. The lowest BCUT2D eigenvalue weighted by Crippen LogP contribution is -2.41. The molecule has 1 aromatic heterocycles. The Morgan fingerprint density at radius 3 is 2.90 bits per heavy atom. The summed E-state index contributed by atoms with van der Waals surface area (Å²) in [5, 5.41) is 3.43. The Labute approximate surface area is 120 Å². The van der Waals surface area contributed by atoms with Crippen LogP contribution in [0.1, 0.15) is 37.8 Å². The topological polar surface area (TPSA) is 45.2 Å². The molecular weight excluding hydrogens is 250 g/mol. The van der Waals surface area contributed by atoms with E-state index in [1.165, 1.54) is 0 Å². The molecule has 108 valence electrons. The molecule has 1 unspecified atom stereocenters. The Morgan fingerprint density at radius 2 is 2.15 bits per heavy atom. The highest BCUT2D eigenvalue weighted by atomic mass is 16.2. The number of nitrogens with zero attached hydrogens (tertiary/aromatic N) is 2. The summed E-state index contributed by atoms with van der Waals surface area (Å²) >= 11 is 0. The molecule has 4 nitrogen and oxygen atoms in total. The van der Waals surface area contributed by atoms with Crippen molar-refractivity contribution < 1.29 is 4.79 Å². The molecule has 1 amide bonds. The largest absolute Gasteiger partial charge is 0.334 e. The number of carbonyl (C=O) groups excluding carboxylic acids is 1. The number of amides is 1. The fraction of sp³-hybridized carbons (Fsp3) is 0.625. The summed E-state index contributed by atoms with van der Waals surface area (Å²) in [5.74, 6) is 0.637. The molecule has 1 saturated carbocycles. The van der Waals surface area contributed by atoms with Gasteiger partial charge in [-0.05, 0) is 57.3 Å². The lowest BCUT2D eigenvalue weighted by atomic mass is 10.1. The van der Waals surface area contributed by atoms with Crippen LogP contribution in [0.25, 0.3) is 0 Å². The second-order valence-electron chi connectivity index (χ2n) is 5.90. The van der Waals surface area contributed by atoms with Crippen LogP contribution in [0.3, 0.4) is 0 Å². The van der Waals surface area contributed by atoms with Crippen LogP contribution >= 0.6 is 0 Å². The van der Waals surface area contributed by atoms with Gasteiger partial charge in [0.25, 0.3) is 0 Å². The van der Waals surface area contributed by atoms with Crippen LogP contribution in [0.4, 0.5) is 0 Å². The number of aromatic nitrogens is 1. The molecule has 1 aliphatic carbocycles. The van der Waals surface area contributed by atoms with E-state index in [1.54, 1.807) is 0 Å². The molecule has 20 heavy (non-hydrogen) atoms. The Morgan fingerprint density at radius 1 is 1.25 bits per heavy atom. The van der Waals surface area contributed by atoms with E-state index < -0.39 is 0 Å². The predicted octanol–water partition coefficient (Wildman–Crippen LogP) is 1.96. The Kier molecular flexibility index (Phi) is 4.31. The van der Waals surface area contributed by atoms with Gasteiger partial charge in [-0.1, -0.05) is 6.07 Å². The van der Waals surface area contributed by atoms with Crippen molar-refractivity contribution in [3.8, 4) is 0 Å². The molecule has 1 atom stereocenters. The minimum Gasteiger partial charge on any atom is -0.334 e. The van der Waals surface area contributed by atoms with Gasteiger partial charge in [-0.3, -0.25) is 9.78 Å². The third-order valence-corrected chi connectivity index (χ3v) is 4.25. The normalized spacial score (nSPS) is 23.1. The van der Waals surface area contributed by atoms with Gasteiger partial charge in [0.15, 0.2) is 0 Å². The van der Waals surface area contributed by atoms with Crippen LogP contribution in [0.5, 0.6) is 0 Å². The molecular formula is C16H23N3O. The van der Waals surface area contributed by atoms with Crippen LogP contribution in [0, 0.1) is 5.92 Å². The summed E-state index contributed by atoms with van der Waals surface area (Å²) in [4.78, 5) is 19.1. The number of rotatable bonds is 4. The Hall–Kier alpha value is -1.42. The van der Waals surface area contributed by atoms with Gasteiger partial charge in [0.2, 0.25) is 5.91 Å². The molecule has 0 radical (unpaired) electrons. The maximum Gasteiger partial charge on any atom is 0.226 e. The summed E-state index contributed by atoms with van der Waals surface area (Å²) in [6.45, 7) is 2.76. The quantitative estimate of drug-likeness (QED) is 0.912. The molecule has 1 N–H and O–H groups in total. The van der Waals surface area contributed by atoms with Crippen molar-refractivity contribution in [2.75, 3.05) is 13.1 Å². The zero-order chi connectivity index (χ0) is 13.8. The summed E-state index contributed by atoms with van der Waals surface area (Å²) in [6.07, 6.45) is 7.28. The van der Waals surface area contributed by atoms with E-state index in [0.717, 1.165) is 50.9 Å². The van der Waals surface area contributed by atoms with Crippen LogP contribution in [-0.2, 0) is 11.3 Å². The zero-order valence-corrected chi connectivity index (χ0v) is 11.9. The van der Waals surface area contributed by atoms with E-state index in [0.29, 0.717) is 18.5 Å². The van der Waals surface area contributed by atoms with E-state index in [-0.39, 0.29) is 5.92 Å². The highest BCUT2D eigenvalue weighted by molar-refractivity contribution is 5.81. The average Bonchev–Trinajstić information content (AvgIpc) is 3.31. The van der Waals surface area contributed by atoms with Crippen molar-refractivity contribution in [2.24, 2.45) is 5.92 Å². The van der Waals surface area contributed by atoms with Gasteiger partial charge in [-0.25, -0.2) is 0 Å². The third kappa shape index (κ3) is 3.37.